The quantitative estimate of drug-likeness (QED) is 0.501. The van der Waals surface area contributed by atoms with Crippen LogP contribution in [0.2, 0.25) is 0 Å². The monoisotopic (exact) mass is 393 g/mol. The number of hydrogen-bond donors (Lipinski definition) is 1. The lowest BCUT2D eigenvalue weighted by atomic mass is 10.1. The largest absolute Gasteiger partial charge is 0.309 e. The predicted octanol–water partition coefficient (Wildman–Crippen LogP) is 4.93. The lowest BCUT2D eigenvalue weighted by molar-refractivity contribution is 0.916. The number of aryl methyl sites for hydroxylation is 4. The van der Waals surface area contributed by atoms with Gasteiger partial charge in [-0.1, -0.05) is 30.0 Å². The Bertz CT molecular complexity index is 1260. The molecule has 0 amide bonds. The zero-order valence-corrected chi connectivity index (χ0v) is 16.9. The first-order valence-electron chi connectivity index (χ1n) is 9.13. The number of nitrogens with zero attached hydrogens (tertiary/aromatic N) is 2. The highest BCUT2D eigenvalue weighted by Crippen LogP contribution is 2.35. The fourth-order valence-corrected chi connectivity index (χ4v) is 5.98. The summed E-state index contributed by atoms with van der Waals surface area (Å²) in [4.78, 5) is 27.4. The van der Waals surface area contributed by atoms with Crippen molar-refractivity contribution in [3.8, 4) is 0 Å². The first-order valence-corrected chi connectivity index (χ1v) is 10.9. The van der Waals surface area contributed by atoms with Gasteiger partial charge >= 0.3 is 0 Å². The molecule has 3 aromatic heterocycles. The summed E-state index contributed by atoms with van der Waals surface area (Å²) in [6, 6.07) is 8.39. The zero-order valence-electron chi connectivity index (χ0n) is 15.3. The summed E-state index contributed by atoms with van der Waals surface area (Å²) < 4.78 is 0. The van der Waals surface area contributed by atoms with Crippen molar-refractivity contribution in [2.45, 2.75) is 43.9 Å². The van der Waals surface area contributed by atoms with Crippen molar-refractivity contribution < 1.29 is 0 Å². The number of hydrogen-bond acceptors (Lipinski definition) is 5. The topological polar surface area (TPSA) is 58.6 Å². The smallest absolute Gasteiger partial charge is 0.259 e. The molecular weight excluding hydrogens is 374 g/mol. The lowest BCUT2D eigenvalue weighted by Gasteiger charge is -2.08. The summed E-state index contributed by atoms with van der Waals surface area (Å²) >= 11 is 3.31. The van der Waals surface area contributed by atoms with Gasteiger partial charge in [-0.2, -0.15) is 0 Å². The molecule has 0 spiro atoms. The maximum Gasteiger partial charge on any atom is 0.259 e. The van der Waals surface area contributed by atoms with E-state index in [0.29, 0.717) is 5.75 Å². The van der Waals surface area contributed by atoms with Crippen LogP contribution in [-0.2, 0) is 18.6 Å². The van der Waals surface area contributed by atoms with Gasteiger partial charge in [0.1, 0.15) is 10.7 Å². The highest BCUT2D eigenvalue weighted by atomic mass is 32.2. The van der Waals surface area contributed by atoms with Crippen molar-refractivity contribution in [2.75, 3.05) is 0 Å². The van der Waals surface area contributed by atoms with Crippen LogP contribution in [0.1, 0.15) is 33.8 Å². The summed E-state index contributed by atoms with van der Waals surface area (Å²) in [5.74, 6) is 1.33. The summed E-state index contributed by atoms with van der Waals surface area (Å²) in [6.45, 7) is 4.21. The summed E-state index contributed by atoms with van der Waals surface area (Å²) in [5.41, 5.74) is 4.68. The summed E-state index contributed by atoms with van der Waals surface area (Å²) in [6.07, 6.45) is 3.24. The molecule has 3 heterocycles. The van der Waals surface area contributed by atoms with Gasteiger partial charge in [0.05, 0.1) is 21.7 Å². The van der Waals surface area contributed by atoms with E-state index in [4.69, 9.17) is 9.97 Å². The molecule has 0 saturated heterocycles. The van der Waals surface area contributed by atoms with E-state index in [1.165, 1.54) is 27.0 Å². The molecule has 6 heteroatoms. The standard InChI is InChI=1S/C21H19N3OS2/c1-11-5-3-6-13-12(2)9-17(24-19(11)13)26-10-16-22-20(25)18-14-7-4-8-15(14)27-21(18)23-16/h3,5-6,9H,4,7-8,10H2,1-2H3,(H,22,23,25). The van der Waals surface area contributed by atoms with Crippen LogP contribution in [0.4, 0.5) is 0 Å². The second-order valence-corrected chi connectivity index (χ2v) is 9.17. The molecule has 0 radical (unpaired) electrons. The average Bonchev–Trinajstić information content (AvgIpc) is 3.21. The van der Waals surface area contributed by atoms with E-state index >= 15 is 0 Å². The van der Waals surface area contributed by atoms with Gasteiger partial charge in [0, 0.05) is 10.3 Å². The van der Waals surface area contributed by atoms with Crippen LogP contribution >= 0.6 is 23.1 Å². The van der Waals surface area contributed by atoms with Crippen molar-refractivity contribution in [3.63, 3.8) is 0 Å². The van der Waals surface area contributed by atoms with Gasteiger partial charge < -0.3 is 4.98 Å². The second-order valence-electron chi connectivity index (χ2n) is 7.09. The van der Waals surface area contributed by atoms with Crippen molar-refractivity contribution >= 4 is 44.2 Å². The molecule has 4 nitrogen and oxygen atoms in total. The minimum absolute atomic E-state index is 0.00787. The van der Waals surface area contributed by atoms with E-state index in [-0.39, 0.29) is 5.56 Å². The summed E-state index contributed by atoms with van der Waals surface area (Å²) in [7, 11) is 0. The van der Waals surface area contributed by atoms with Crippen LogP contribution in [0, 0.1) is 13.8 Å². The maximum atomic E-state index is 12.6. The van der Waals surface area contributed by atoms with Crippen molar-refractivity contribution in [1.29, 1.82) is 0 Å². The molecule has 1 N–H and O–H groups in total. The first-order chi connectivity index (χ1) is 13.1. The number of thioether (sulfide) groups is 1. The first kappa shape index (κ1) is 17.0. The average molecular weight is 394 g/mol. The molecule has 0 fully saturated rings. The van der Waals surface area contributed by atoms with Crippen LogP contribution in [0.3, 0.4) is 0 Å². The zero-order chi connectivity index (χ0) is 18.5. The molecule has 5 rings (SSSR count). The number of fused-ring (bicyclic) bond motifs is 4. The molecule has 1 aliphatic rings. The van der Waals surface area contributed by atoms with Crippen LogP contribution in [0.25, 0.3) is 21.1 Å². The van der Waals surface area contributed by atoms with Crippen LogP contribution in [0.5, 0.6) is 0 Å². The Morgan fingerprint density at radius 2 is 2.07 bits per heavy atom. The van der Waals surface area contributed by atoms with E-state index in [0.717, 1.165) is 45.8 Å². The number of H-pyrrole nitrogens is 1. The van der Waals surface area contributed by atoms with Gasteiger partial charge in [0.2, 0.25) is 0 Å². The van der Waals surface area contributed by atoms with E-state index in [2.05, 4.69) is 43.1 Å². The van der Waals surface area contributed by atoms with Gasteiger partial charge in [-0.25, -0.2) is 9.97 Å². The Morgan fingerprint density at radius 3 is 2.96 bits per heavy atom. The molecule has 0 unspecified atom stereocenters. The Hall–Kier alpha value is -2.18. The fraction of sp³-hybridized carbons (Fsp3) is 0.286. The number of aromatic amines is 1. The second kappa shape index (κ2) is 6.46. The molecule has 1 aliphatic carbocycles. The third kappa shape index (κ3) is 2.87. The van der Waals surface area contributed by atoms with Crippen molar-refractivity contribution in [1.82, 2.24) is 15.0 Å². The Morgan fingerprint density at radius 1 is 1.19 bits per heavy atom. The van der Waals surface area contributed by atoms with Crippen molar-refractivity contribution in [2.24, 2.45) is 0 Å². The van der Waals surface area contributed by atoms with Gasteiger partial charge in [-0.15, -0.1) is 11.3 Å². The number of nitrogens with one attached hydrogen (secondary N) is 1. The normalized spacial score (nSPS) is 13.6. The Balaban J connectivity index is 1.47. The minimum Gasteiger partial charge on any atom is -0.309 e. The van der Waals surface area contributed by atoms with Crippen molar-refractivity contribution in [3.05, 3.63) is 62.0 Å². The molecular formula is C21H19N3OS2. The molecule has 0 saturated carbocycles. The van der Waals surface area contributed by atoms with Gasteiger partial charge in [0.25, 0.3) is 5.56 Å². The fourth-order valence-electron chi connectivity index (χ4n) is 3.86. The Labute approximate surface area is 165 Å². The van der Waals surface area contributed by atoms with Gasteiger partial charge in [-0.3, -0.25) is 4.79 Å². The number of rotatable bonds is 3. The number of thiophene rings is 1. The third-order valence-corrected chi connectivity index (χ3v) is 7.31. The molecule has 0 bridgehead atoms. The third-order valence-electron chi connectivity index (χ3n) is 5.21. The minimum atomic E-state index is 0.00787. The van der Waals surface area contributed by atoms with Crippen LogP contribution in [-0.4, -0.2) is 15.0 Å². The number of pyridine rings is 1. The predicted molar refractivity (Wildman–Crippen MR) is 113 cm³/mol. The van der Waals surface area contributed by atoms with E-state index in [9.17, 15) is 4.79 Å². The molecule has 0 atom stereocenters. The van der Waals surface area contributed by atoms with Gasteiger partial charge in [0.15, 0.2) is 0 Å². The highest BCUT2D eigenvalue weighted by molar-refractivity contribution is 7.98. The van der Waals surface area contributed by atoms with Crippen LogP contribution < -0.4 is 5.56 Å². The highest BCUT2D eigenvalue weighted by Gasteiger charge is 2.21. The lowest BCUT2D eigenvalue weighted by Crippen LogP contribution is -2.11. The van der Waals surface area contributed by atoms with E-state index in [1.807, 2.05) is 0 Å². The molecule has 1 aromatic carbocycles. The molecule has 0 aliphatic heterocycles. The molecule has 136 valence electrons. The Kier molecular flexibility index (Phi) is 4.06. The molecule has 4 aromatic rings. The van der Waals surface area contributed by atoms with E-state index < -0.39 is 0 Å². The molecule has 27 heavy (non-hydrogen) atoms. The number of benzene rings is 1. The maximum absolute atomic E-state index is 12.6. The van der Waals surface area contributed by atoms with Gasteiger partial charge in [-0.05, 0) is 55.9 Å². The SMILES string of the molecule is Cc1cc(SCc2nc3sc4c(c3c(=O)[nH]2)CCC4)nc2c(C)cccc12. The number of para-hydroxylation sites is 1. The summed E-state index contributed by atoms with van der Waals surface area (Å²) in [5, 5.41) is 2.97. The van der Waals surface area contributed by atoms with E-state index in [1.54, 1.807) is 23.1 Å². The number of aromatic nitrogens is 3. The van der Waals surface area contributed by atoms with Crippen LogP contribution in [0.15, 0.2) is 34.1 Å².